The molecule has 0 unspecified atom stereocenters. The molecule has 2 nitrogen and oxygen atoms in total. The minimum Gasteiger partial charge on any atom is -0.366 e. The van der Waals surface area contributed by atoms with Crippen LogP contribution in [0.25, 0.3) is 0 Å². The Bertz CT molecular complexity index is 66.2. The van der Waals surface area contributed by atoms with E-state index in [4.69, 9.17) is 4.74 Å². The summed E-state index contributed by atoms with van der Waals surface area (Å²) in [6.45, 7) is 6.95. The minimum absolute atomic E-state index is 0.713. The van der Waals surface area contributed by atoms with Crippen LogP contribution >= 0.6 is 0 Å². The van der Waals surface area contributed by atoms with Gasteiger partial charge >= 0.3 is 0 Å². The van der Waals surface area contributed by atoms with Crippen molar-refractivity contribution in [2.75, 3.05) is 19.9 Å². The summed E-state index contributed by atoms with van der Waals surface area (Å²) in [7, 11) is 0. The Hall–Kier alpha value is -0.0800. The first-order valence-corrected chi connectivity index (χ1v) is 5.20. The Kier molecular flexibility index (Phi) is 10.8. The van der Waals surface area contributed by atoms with Crippen molar-refractivity contribution in [2.45, 2.75) is 46.0 Å². The minimum atomic E-state index is 0.713. The second kappa shape index (κ2) is 10.9. The Morgan fingerprint density at radius 2 is 1.75 bits per heavy atom. The van der Waals surface area contributed by atoms with Gasteiger partial charge < -0.3 is 4.74 Å². The summed E-state index contributed by atoms with van der Waals surface area (Å²) >= 11 is 0. The Morgan fingerprint density at radius 3 is 2.42 bits per heavy atom. The van der Waals surface area contributed by atoms with Gasteiger partial charge in [-0.05, 0) is 13.0 Å². The fraction of sp³-hybridized carbons (Fsp3) is 1.00. The Balaban J connectivity index is 2.73. The van der Waals surface area contributed by atoms with E-state index in [0.29, 0.717) is 6.73 Å². The van der Waals surface area contributed by atoms with Crippen LogP contribution in [0.15, 0.2) is 0 Å². The topological polar surface area (TPSA) is 21.3 Å². The third-order valence-corrected chi connectivity index (χ3v) is 1.85. The van der Waals surface area contributed by atoms with Crippen molar-refractivity contribution >= 4 is 0 Å². The Morgan fingerprint density at radius 1 is 1.00 bits per heavy atom. The summed E-state index contributed by atoms with van der Waals surface area (Å²) in [4.78, 5) is 0. The summed E-state index contributed by atoms with van der Waals surface area (Å²) in [5.41, 5.74) is 0. The second-order valence-corrected chi connectivity index (χ2v) is 3.07. The molecule has 0 aromatic carbocycles. The third-order valence-electron chi connectivity index (χ3n) is 1.85. The smallest absolute Gasteiger partial charge is 0.0965 e. The number of unbranched alkanes of at least 4 members (excludes halogenated alkanes) is 4. The molecule has 0 radical (unpaired) electrons. The first kappa shape index (κ1) is 11.9. The summed E-state index contributed by atoms with van der Waals surface area (Å²) in [5, 5.41) is 3.13. The van der Waals surface area contributed by atoms with Gasteiger partial charge in [0.15, 0.2) is 0 Å². The van der Waals surface area contributed by atoms with Crippen LogP contribution in [-0.2, 0) is 4.74 Å². The van der Waals surface area contributed by atoms with Crippen molar-refractivity contribution in [3.05, 3.63) is 0 Å². The zero-order valence-electron chi connectivity index (χ0n) is 8.57. The molecule has 0 spiro atoms. The fourth-order valence-electron chi connectivity index (χ4n) is 1.05. The molecule has 0 saturated heterocycles. The average molecular weight is 173 g/mol. The maximum atomic E-state index is 5.34. The van der Waals surface area contributed by atoms with Crippen LogP contribution in [0.4, 0.5) is 0 Å². The molecule has 0 aliphatic carbocycles. The number of hydrogen-bond acceptors (Lipinski definition) is 2. The highest BCUT2D eigenvalue weighted by Gasteiger charge is 1.88. The standard InChI is InChI=1S/C10H23NO/c1-3-5-6-7-8-9-12-10-11-4-2/h11H,3-10H2,1-2H3. The van der Waals surface area contributed by atoms with Crippen LogP contribution in [0.2, 0.25) is 0 Å². The molecule has 74 valence electrons. The molecule has 0 aliphatic rings. The Labute approximate surface area is 76.7 Å². The van der Waals surface area contributed by atoms with E-state index in [9.17, 15) is 0 Å². The average Bonchev–Trinajstić information content (AvgIpc) is 2.10. The molecule has 0 atom stereocenters. The highest BCUT2D eigenvalue weighted by atomic mass is 16.5. The van der Waals surface area contributed by atoms with E-state index in [2.05, 4.69) is 19.2 Å². The molecule has 12 heavy (non-hydrogen) atoms. The molecule has 0 rings (SSSR count). The summed E-state index contributed by atoms with van der Waals surface area (Å²) < 4.78 is 5.34. The van der Waals surface area contributed by atoms with Crippen molar-refractivity contribution in [3.63, 3.8) is 0 Å². The highest BCUT2D eigenvalue weighted by molar-refractivity contribution is 4.41. The van der Waals surface area contributed by atoms with E-state index in [0.717, 1.165) is 13.2 Å². The molecule has 2 heteroatoms. The summed E-state index contributed by atoms with van der Waals surface area (Å²) in [6.07, 6.45) is 6.58. The van der Waals surface area contributed by atoms with Crippen molar-refractivity contribution in [2.24, 2.45) is 0 Å². The van der Waals surface area contributed by atoms with Gasteiger partial charge in [-0.2, -0.15) is 0 Å². The number of rotatable bonds is 9. The van der Waals surface area contributed by atoms with E-state index in [1.165, 1.54) is 32.1 Å². The van der Waals surface area contributed by atoms with Crippen molar-refractivity contribution in [1.82, 2.24) is 5.32 Å². The van der Waals surface area contributed by atoms with Crippen LogP contribution in [0, 0.1) is 0 Å². The molecule has 0 fully saturated rings. The number of ether oxygens (including phenoxy) is 1. The monoisotopic (exact) mass is 173 g/mol. The van der Waals surface area contributed by atoms with E-state index >= 15 is 0 Å². The SMILES string of the molecule is CCCCCCCOCNCC. The van der Waals surface area contributed by atoms with Crippen molar-refractivity contribution < 1.29 is 4.74 Å². The summed E-state index contributed by atoms with van der Waals surface area (Å²) in [6, 6.07) is 0. The van der Waals surface area contributed by atoms with E-state index in [-0.39, 0.29) is 0 Å². The summed E-state index contributed by atoms with van der Waals surface area (Å²) in [5.74, 6) is 0. The van der Waals surface area contributed by atoms with Gasteiger partial charge in [-0.15, -0.1) is 0 Å². The van der Waals surface area contributed by atoms with Gasteiger partial charge in [-0.3, -0.25) is 5.32 Å². The van der Waals surface area contributed by atoms with Gasteiger partial charge in [0.1, 0.15) is 0 Å². The largest absolute Gasteiger partial charge is 0.366 e. The lowest BCUT2D eigenvalue weighted by Gasteiger charge is -2.03. The second-order valence-electron chi connectivity index (χ2n) is 3.07. The normalized spacial score (nSPS) is 10.5. The number of nitrogens with one attached hydrogen (secondary N) is 1. The van der Waals surface area contributed by atoms with Gasteiger partial charge in [-0.1, -0.05) is 39.5 Å². The highest BCUT2D eigenvalue weighted by Crippen LogP contribution is 2.01. The molecule has 1 N–H and O–H groups in total. The van der Waals surface area contributed by atoms with E-state index in [1.54, 1.807) is 0 Å². The maximum absolute atomic E-state index is 5.34. The zero-order valence-corrected chi connectivity index (χ0v) is 8.57. The van der Waals surface area contributed by atoms with Crippen LogP contribution in [0.3, 0.4) is 0 Å². The molecule has 0 heterocycles. The van der Waals surface area contributed by atoms with Gasteiger partial charge in [0.25, 0.3) is 0 Å². The predicted octanol–water partition coefficient (Wildman–Crippen LogP) is 2.54. The lowest BCUT2D eigenvalue weighted by atomic mass is 10.2. The fourth-order valence-corrected chi connectivity index (χ4v) is 1.05. The molecule has 0 bridgehead atoms. The van der Waals surface area contributed by atoms with Gasteiger partial charge in [-0.25, -0.2) is 0 Å². The van der Waals surface area contributed by atoms with Crippen LogP contribution < -0.4 is 5.32 Å². The van der Waals surface area contributed by atoms with Crippen LogP contribution in [0.1, 0.15) is 46.0 Å². The quantitative estimate of drug-likeness (QED) is 0.427. The first-order valence-electron chi connectivity index (χ1n) is 5.20. The number of hydrogen-bond donors (Lipinski definition) is 1. The molecule has 0 aromatic rings. The van der Waals surface area contributed by atoms with Gasteiger partial charge in [0.2, 0.25) is 0 Å². The van der Waals surface area contributed by atoms with E-state index < -0.39 is 0 Å². The lowest BCUT2D eigenvalue weighted by molar-refractivity contribution is 0.114. The zero-order chi connectivity index (χ0) is 9.07. The van der Waals surface area contributed by atoms with Gasteiger partial charge in [0.05, 0.1) is 6.73 Å². The molecule has 0 saturated carbocycles. The maximum Gasteiger partial charge on any atom is 0.0965 e. The molecule has 0 amide bonds. The van der Waals surface area contributed by atoms with Gasteiger partial charge in [0, 0.05) is 6.61 Å². The molecule has 0 aromatic heterocycles. The van der Waals surface area contributed by atoms with E-state index in [1.807, 2.05) is 0 Å². The predicted molar refractivity (Wildman–Crippen MR) is 53.3 cm³/mol. The van der Waals surface area contributed by atoms with Crippen LogP contribution in [0.5, 0.6) is 0 Å². The van der Waals surface area contributed by atoms with Crippen molar-refractivity contribution in [3.8, 4) is 0 Å². The van der Waals surface area contributed by atoms with Crippen molar-refractivity contribution in [1.29, 1.82) is 0 Å². The molecular weight excluding hydrogens is 150 g/mol. The molecular formula is C10H23NO. The lowest BCUT2D eigenvalue weighted by Crippen LogP contribution is -2.17. The van der Waals surface area contributed by atoms with Crippen LogP contribution in [-0.4, -0.2) is 19.9 Å². The molecule has 0 aliphatic heterocycles. The third kappa shape index (κ3) is 9.92. The first-order chi connectivity index (χ1) is 5.91.